The smallest absolute Gasteiger partial charge is 0 e. The molecule has 34 heteroatoms. The Bertz CT molecular complexity index is 597. The Morgan fingerprint density at radius 1 is 0.305 bits per heavy atom. The topological polar surface area (TPSA) is 140 Å². The molecule has 0 aliphatic heterocycles. The summed E-state index contributed by atoms with van der Waals surface area (Å²) in [5.74, 6) is 0. The molecule has 532 valence electrons. The van der Waals surface area contributed by atoms with Gasteiger partial charge in [-0.3, -0.25) is 0 Å². The van der Waals surface area contributed by atoms with Gasteiger partial charge in [0.2, 0.25) is 0 Å². The molecule has 0 amide bonds. The number of aliphatic hydroxyl groups is 2. The first kappa shape index (κ1) is 186. The molecule has 6 N–H and O–H groups in total. The van der Waals surface area contributed by atoms with Gasteiger partial charge in [0, 0.05) is 245 Å². The zero-order valence-corrected chi connectivity index (χ0v) is 117. The first-order chi connectivity index (χ1) is 32.3. The molecule has 0 fully saturated rings. The zero-order valence-electron chi connectivity index (χ0n) is 65.9. The normalized spacial score (nSPS) is 7.76. The van der Waals surface area contributed by atoms with Gasteiger partial charge in [-0.05, 0) is 91.7 Å². The van der Waals surface area contributed by atoms with Crippen molar-refractivity contribution < 1.29 is 44.0 Å². The van der Waals surface area contributed by atoms with Crippen molar-refractivity contribution in [2.75, 3.05) is 28.4 Å². The van der Waals surface area contributed by atoms with Gasteiger partial charge < -0.3 is 38.2 Å². The Labute approximate surface area is 714 Å². The molecule has 0 heterocycles. The summed E-state index contributed by atoms with van der Waals surface area (Å²) >= 11 is 0. The molecule has 0 rings (SSSR count). The maximum atomic E-state index is 7.00. The van der Waals surface area contributed by atoms with E-state index in [1.807, 2.05) is 0 Å². The molecule has 0 saturated heterocycles. The second kappa shape index (κ2) is 192. The molecular formula is C48H180Bi4O8Sb4Si18. The number of hydrogen-bond donors (Lipinski definition) is 2. The van der Waals surface area contributed by atoms with Crippen LogP contribution in [-0.4, -0.2) is 415 Å². The Kier molecular flexibility index (Phi) is 435. The van der Waals surface area contributed by atoms with Crippen LogP contribution < -0.4 is 0 Å². The molecule has 0 aliphatic carbocycles. The molecule has 0 spiro atoms. The van der Waals surface area contributed by atoms with Crippen LogP contribution in [0.4, 0.5) is 0 Å². The van der Waals surface area contributed by atoms with Crippen molar-refractivity contribution in [3.8, 4) is 0 Å². The standard InChI is InChI=1S/2C4H14OSi2.2C4H12OSi.6C3H9Si.6C2H7Si.2CH4O.4Bi.2H2O.4Sb.4H2.12H/c2*1-6(2)5-7(3)4;2*1-5-6(2,3)4;6*1-4(2)3;6*1-3-2;2*1-2;;;;;;;;;;;;;;;;;;;;;;;;;;/h2*6-7H,1-4H3;2*1-4H3;6*1-3H3;6*3H,1-2H3;2*2H,1H3;;;;;2*1H2;;;;;4*1H;;;;;;;;;;;;. The van der Waals surface area contributed by atoms with E-state index in [1.54, 1.807) is 14.2 Å². The van der Waals surface area contributed by atoms with Gasteiger partial charge in [-0.1, -0.05) is 196 Å². The molecule has 0 aliphatic rings. The second-order valence-electron chi connectivity index (χ2n) is 21.6. The molecule has 0 aromatic rings. The number of aliphatic hydroxyl groups excluding tert-OH is 2. The zero-order chi connectivity index (χ0) is 63.8. The molecule has 8 nitrogen and oxygen atoms in total. The summed E-state index contributed by atoms with van der Waals surface area (Å²) in [6, 6.07) is 0. The molecule has 24 radical (unpaired) electrons. The van der Waals surface area contributed by atoms with Crippen LogP contribution in [0.5, 0.6) is 0 Å². The van der Waals surface area contributed by atoms with E-state index in [0.29, 0.717) is 0 Å². The fourth-order valence-electron chi connectivity index (χ4n) is 1.09. The third-order valence-electron chi connectivity index (χ3n) is 2.31. The van der Waals surface area contributed by atoms with Crippen LogP contribution in [0, 0.1) is 0 Å². The Morgan fingerprint density at radius 2 is 0.341 bits per heavy atom. The van der Waals surface area contributed by atoms with Crippen LogP contribution >= 0.6 is 0 Å². The van der Waals surface area contributed by atoms with Crippen molar-refractivity contribution in [3.63, 3.8) is 0 Å². The van der Waals surface area contributed by atoms with Crippen molar-refractivity contribution >= 4 is 365 Å². The molecule has 0 aromatic heterocycles. The third kappa shape index (κ3) is 1210. The fraction of sp³-hybridized carbons (Fsp3) is 1.00. The van der Waals surface area contributed by atoms with Gasteiger partial charge in [0.15, 0.2) is 52.8 Å². The van der Waals surface area contributed by atoms with E-state index >= 15 is 0 Å². The Hall–Kier alpha value is 10.4. The van der Waals surface area contributed by atoms with E-state index < -0.39 is 52.8 Å². The van der Waals surface area contributed by atoms with Crippen LogP contribution in [0.1, 0.15) is 5.71 Å². The quantitative estimate of drug-likeness (QED) is 0.256. The first-order valence-corrected chi connectivity index (χ1v) is 76.4. The summed E-state index contributed by atoms with van der Waals surface area (Å²) in [6.07, 6.45) is 0. The SMILES string of the molecule is CO.CO.CO[Si](C)(C)C.CO[Si](C)(C)C.C[SiH](C)O[SiH](C)C.C[SiH](C)O[SiH](C)C.C[SiH]C.C[SiH]C.C[SiH]C.C[SiH]C.C[SiH]C.C[SiH]C.C[Si](C)C.C[Si](C)C.C[Si](C)C.C[Si](C)C.C[Si](C)C.C[Si](C)C.O.O.[BiH3].[BiH3].[Bi].[Bi].[HH].[HH].[HH].[HH].[SbH3].[SbH3].[Sb].[Sb]. The van der Waals surface area contributed by atoms with Gasteiger partial charge in [0.25, 0.3) is 0 Å². The largest absolute Gasteiger partial charge is 0 e. The fourth-order valence-corrected chi connectivity index (χ4v) is 9.80. The van der Waals surface area contributed by atoms with E-state index in [0.717, 1.165) is 71.3 Å². The number of hydrogen-bond acceptors (Lipinski definition) is 6. The van der Waals surface area contributed by atoms with Crippen molar-refractivity contribution in [1.82, 2.24) is 0 Å². The van der Waals surface area contributed by atoms with E-state index in [4.69, 9.17) is 27.3 Å². The maximum absolute atomic E-state index is 7.00. The molecule has 0 bridgehead atoms. The molecule has 0 atom stereocenters. The summed E-state index contributed by atoms with van der Waals surface area (Å²) in [5, 5.41) is 14.0. The molecular weight excluding hydrogens is 2530 g/mol. The van der Waals surface area contributed by atoms with Crippen LogP contribution in [-0.2, 0) is 17.1 Å². The van der Waals surface area contributed by atoms with Crippen LogP contribution in [0.3, 0.4) is 0 Å². The molecule has 0 unspecified atom stereocenters. The summed E-state index contributed by atoms with van der Waals surface area (Å²) < 4.78 is 21.2. The molecule has 82 heavy (non-hydrogen) atoms. The van der Waals surface area contributed by atoms with Gasteiger partial charge in [-0.2, -0.15) is 0 Å². The van der Waals surface area contributed by atoms with Crippen LogP contribution in [0.2, 0.25) is 288 Å². The van der Waals surface area contributed by atoms with Crippen LogP contribution in [0.25, 0.3) is 0 Å². The minimum absolute atomic E-state index is 0. The predicted octanol–water partition coefficient (Wildman–Crippen LogP) is 8.51. The Balaban J connectivity index is -0.0000000120. The van der Waals surface area contributed by atoms with E-state index in [-0.39, 0.29) is 272 Å². The molecule has 0 saturated carbocycles. The summed E-state index contributed by atoms with van der Waals surface area (Å²) in [5.41, 5.74) is 0. The van der Waals surface area contributed by atoms with Crippen molar-refractivity contribution in [2.45, 2.75) is 288 Å². The van der Waals surface area contributed by atoms with Gasteiger partial charge in [0.05, 0.1) is 0 Å². The monoisotopic (exact) mass is 2710 g/mol. The van der Waals surface area contributed by atoms with E-state index in [1.165, 1.54) is 0 Å². The van der Waals surface area contributed by atoms with Crippen molar-refractivity contribution in [1.29, 1.82) is 0 Å². The third-order valence-corrected chi connectivity index (χ3v) is 13.5. The van der Waals surface area contributed by atoms with Crippen molar-refractivity contribution in [2.24, 2.45) is 0 Å². The van der Waals surface area contributed by atoms with Crippen LogP contribution in [0.15, 0.2) is 0 Å². The summed E-state index contributed by atoms with van der Waals surface area (Å²) in [6.45, 7) is 98.0. The van der Waals surface area contributed by atoms with Gasteiger partial charge in [0.1, 0.15) is 0 Å². The molecule has 0 aromatic carbocycles. The van der Waals surface area contributed by atoms with E-state index in [2.05, 4.69) is 288 Å². The van der Waals surface area contributed by atoms with Gasteiger partial charge >= 0.3 is 101 Å². The minimum Gasteiger partial charge on any atom is 0 e. The predicted molar refractivity (Wildman–Crippen MR) is 486 cm³/mol. The minimum atomic E-state index is -1.13. The average molecular weight is 2710 g/mol. The first-order valence-electron chi connectivity index (χ1n) is 26.6. The Morgan fingerprint density at radius 3 is 0.341 bits per heavy atom. The van der Waals surface area contributed by atoms with Gasteiger partial charge in [-0.25, -0.2) is 0 Å². The average Bonchev–Trinajstić information content (AvgIpc) is 3.13. The maximum Gasteiger partial charge on any atom is 0 e. The summed E-state index contributed by atoms with van der Waals surface area (Å²) in [4.78, 5) is 0. The second-order valence-corrected chi connectivity index (χ2v) is 66.3. The summed E-state index contributed by atoms with van der Waals surface area (Å²) in [7, 11) is 5.83. The van der Waals surface area contributed by atoms with Crippen molar-refractivity contribution in [3.05, 3.63) is 0 Å². The van der Waals surface area contributed by atoms with Gasteiger partial charge in [-0.15, -0.1) is 0 Å². The van der Waals surface area contributed by atoms with E-state index in [9.17, 15) is 0 Å². The number of rotatable bonds is 6.